The Morgan fingerprint density at radius 2 is 1.23 bits per heavy atom. The SMILES string of the molecule is CC(CSC(c1ccccc1)(c1ccccc1)c1ccccc1)N[C-]=O.O=CO.[Fm]. The summed E-state index contributed by atoms with van der Waals surface area (Å²) in [5, 5.41) is 9.63. The molecule has 1 amide bonds. The summed E-state index contributed by atoms with van der Waals surface area (Å²) in [7, 11) is 0. The molecule has 30 heavy (non-hydrogen) atoms. The summed E-state index contributed by atoms with van der Waals surface area (Å²) < 4.78 is -0.345. The molecule has 0 fully saturated rings. The second kappa shape index (κ2) is 12.4. The Hall–Kier alpha value is -4.05. The van der Waals surface area contributed by atoms with Crippen LogP contribution in [0.4, 0.5) is 0 Å². The third kappa shape index (κ3) is 5.72. The summed E-state index contributed by atoms with van der Waals surface area (Å²) >= 11 is 1.83. The van der Waals surface area contributed by atoms with Crippen molar-refractivity contribution in [3.8, 4) is 0 Å². The normalized spacial score (nSPS) is 11.1. The number of benzene rings is 3. The van der Waals surface area contributed by atoms with Crippen LogP contribution in [0, 0.1) is 0 Å². The second-order valence-electron chi connectivity index (χ2n) is 6.34. The largest absolute Gasteiger partial charge is 0.527 e. The maximum Gasteiger partial charge on any atom is 0.290 e. The Morgan fingerprint density at radius 1 is 0.900 bits per heavy atom. The van der Waals surface area contributed by atoms with E-state index in [1.165, 1.54) is 16.7 Å². The minimum atomic E-state index is -0.345. The van der Waals surface area contributed by atoms with Crippen LogP contribution in [0.1, 0.15) is 23.6 Å². The Labute approximate surface area is 176 Å². The number of carbonyl (C=O) groups is 1. The number of thioether (sulfide) groups is 1. The van der Waals surface area contributed by atoms with Gasteiger partial charge in [-0.1, -0.05) is 91.0 Å². The van der Waals surface area contributed by atoms with Crippen LogP contribution in [0.3, 0.4) is 0 Å². The van der Waals surface area contributed by atoms with Gasteiger partial charge in [0.2, 0.25) is 0 Å². The predicted octanol–water partition coefficient (Wildman–Crippen LogP) is 4.46. The molecule has 0 saturated heterocycles. The topological polar surface area (TPSA) is 66.4 Å². The Balaban J connectivity index is 0.00000106. The third-order valence-corrected chi connectivity index (χ3v) is 6.20. The quantitative estimate of drug-likeness (QED) is 0.162. The fourth-order valence-corrected chi connectivity index (χ4v) is 4.65. The molecule has 0 spiro atoms. The summed E-state index contributed by atoms with van der Waals surface area (Å²) in [6.45, 7) is 1.75. The molecule has 0 aliphatic heterocycles. The van der Waals surface area contributed by atoms with Crippen molar-refractivity contribution in [2.75, 3.05) is 5.75 Å². The Bertz CT molecular complexity index is 767. The molecule has 4 nitrogen and oxygen atoms in total. The third-order valence-electron chi connectivity index (χ3n) is 4.40. The summed E-state index contributed by atoms with van der Waals surface area (Å²) in [5.74, 6) is 0.772. The smallest absolute Gasteiger partial charge is 0.290 e. The van der Waals surface area contributed by atoms with Gasteiger partial charge in [0.05, 0.1) is 4.75 Å². The summed E-state index contributed by atoms with van der Waals surface area (Å²) in [6.07, 6.45) is 1.81. The minimum Gasteiger partial charge on any atom is -0.527 e. The van der Waals surface area contributed by atoms with Crippen molar-refractivity contribution in [1.82, 2.24) is 5.32 Å². The van der Waals surface area contributed by atoms with Crippen molar-refractivity contribution < 1.29 is 14.7 Å². The van der Waals surface area contributed by atoms with Gasteiger partial charge >= 0.3 is 0 Å². The Kier molecular flexibility index (Phi) is 9.93. The molecule has 1 unspecified atom stereocenters. The molecule has 2 N–H and O–H groups in total. The van der Waals surface area contributed by atoms with Gasteiger partial charge in [-0.3, -0.25) is 4.79 Å². The van der Waals surface area contributed by atoms with E-state index in [9.17, 15) is 4.79 Å². The molecule has 3 rings (SSSR count). The van der Waals surface area contributed by atoms with E-state index in [1.807, 2.05) is 43.3 Å². The van der Waals surface area contributed by atoms with Crippen molar-refractivity contribution in [2.24, 2.45) is 0 Å². The molecule has 0 aliphatic rings. The number of rotatable bonds is 8. The molecule has 0 aliphatic carbocycles. The van der Waals surface area contributed by atoms with Crippen LogP contribution in [0.2, 0.25) is 0 Å². The molecule has 0 heterocycles. The maximum absolute atomic E-state index is 10.7. The van der Waals surface area contributed by atoms with Gasteiger partial charge < -0.3 is 15.2 Å². The molecule has 3 aromatic rings. The predicted molar refractivity (Wildman–Crippen MR) is 119 cm³/mol. The zero-order valence-electron chi connectivity index (χ0n) is 16.5. The van der Waals surface area contributed by atoms with Crippen LogP contribution in [0.5, 0.6) is 0 Å². The van der Waals surface area contributed by atoms with E-state index in [-0.39, 0.29) is 17.3 Å². The van der Waals surface area contributed by atoms with E-state index in [1.54, 1.807) is 0 Å². The van der Waals surface area contributed by atoms with Crippen molar-refractivity contribution in [3.63, 3.8) is 0 Å². The van der Waals surface area contributed by atoms with Gasteiger partial charge in [-0.2, -0.15) is 6.41 Å². The molecule has 0 aromatic heterocycles. The van der Waals surface area contributed by atoms with Crippen LogP contribution in [0.25, 0.3) is 0 Å². The first-order valence-corrected chi connectivity index (χ1v) is 10.2. The van der Waals surface area contributed by atoms with Gasteiger partial charge in [0.25, 0.3) is 6.47 Å². The van der Waals surface area contributed by atoms with E-state index in [2.05, 4.69) is 78.1 Å². The molecule has 3 aromatic carbocycles. The van der Waals surface area contributed by atoms with Gasteiger partial charge in [-0.05, 0) is 23.6 Å². The van der Waals surface area contributed by atoms with Gasteiger partial charge in [-0.25, -0.2) is 0 Å². The average molecular weight is 664 g/mol. The van der Waals surface area contributed by atoms with E-state index >= 15 is 0 Å². The molecule has 162 valence electrons. The van der Waals surface area contributed by atoms with Gasteiger partial charge in [0.1, 0.15) is 0 Å². The van der Waals surface area contributed by atoms with E-state index in [0.29, 0.717) is 0 Å². The van der Waals surface area contributed by atoms with Crippen LogP contribution in [-0.4, -0.2) is 29.8 Å². The van der Waals surface area contributed by atoms with Crippen molar-refractivity contribution in [3.05, 3.63) is 108 Å². The van der Waals surface area contributed by atoms with Crippen molar-refractivity contribution in [2.45, 2.75) is 17.7 Å². The number of amides is 1. The van der Waals surface area contributed by atoms with E-state index < -0.39 is 0 Å². The summed E-state index contributed by atoms with van der Waals surface area (Å²) in [4.78, 5) is 19.1. The molecule has 6 heteroatoms. The number of carboxylic acid groups (broad SMARTS) is 1. The van der Waals surface area contributed by atoms with Crippen LogP contribution in [0.15, 0.2) is 91.0 Å². The van der Waals surface area contributed by atoms with Gasteiger partial charge in [-0.15, -0.1) is 11.8 Å². The van der Waals surface area contributed by atoms with Crippen molar-refractivity contribution >= 4 is 24.6 Å². The van der Waals surface area contributed by atoms with Gasteiger partial charge in [0, 0.05) is 11.8 Å². The monoisotopic (exact) mass is 663 g/mol. The zero-order chi connectivity index (χ0) is 21.0. The van der Waals surface area contributed by atoms with Crippen LogP contribution in [-0.2, 0) is 14.3 Å². The summed E-state index contributed by atoms with van der Waals surface area (Å²) in [5.41, 5.74) is 3.68. The molecule has 1 atom stereocenters. The molecule has 0 bridgehead atoms. The van der Waals surface area contributed by atoms with Gasteiger partial charge in [0.15, 0.2) is 0 Å². The number of hydrogen-bond donors (Lipinski definition) is 2. The maximum atomic E-state index is 10.7. The second-order valence-corrected chi connectivity index (χ2v) is 7.58. The van der Waals surface area contributed by atoms with Crippen LogP contribution >= 0.6 is 11.8 Å². The summed E-state index contributed by atoms with van der Waals surface area (Å²) in [6, 6.07) is 31.7. The zero-order valence-corrected chi connectivity index (χ0v) is 19.7. The Morgan fingerprint density at radius 3 is 1.53 bits per heavy atom. The van der Waals surface area contributed by atoms with E-state index in [0.717, 1.165) is 5.75 Å². The van der Waals surface area contributed by atoms with E-state index in [4.69, 9.17) is 9.90 Å². The standard InChI is InChI=1S/C23H22NOS.CH2O2.Fm/c1-19(24-18-25)17-26-23(20-11-5-2-6-12-20,21-13-7-3-8-14-21)22-15-9-4-10-16-22;2-1-3;/h2-16,19H,17H2,1H3,(H,24,25);1H,(H,2,3);/q-1;;. The first-order valence-electron chi connectivity index (χ1n) is 9.20. The number of nitrogens with one attached hydrogen (secondary N) is 1. The minimum absolute atomic E-state index is 0. The molecule has 0 saturated carbocycles. The first-order chi connectivity index (χ1) is 14.2. The van der Waals surface area contributed by atoms with Crippen LogP contribution < -0.4 is 5.32 Å². The molecule has 0 radical (unpaired) electrons. The number of carbonyl (C=O) groups excluding carboxylic acids is 1. The average Bonchev–Trinajstić information content (AvgIpc) is 2.77. The van der Waals surface area contributed by atoms with Crippen molar-refractivity contribution in [1.29, 1.82) is 0 Å². The fourth-order valence-electron chi connectivity index (χ4n) is 3.16. The first kappa shape index (κ1) is 24.0. The fraction of sp³-hybridized carbons (Fsp3) is 0.167. The number of hydrogen-bond acceptors (Lipinski definition) is 3. The molecular weight excluding hydrogens is 639 g/mol. The molecular formula is C24H24FmNO3S-.